The lowest BCUT2D eigenvalue weighted by molar-refractivity contribution is 0.0523. The van der Waals surface area contributed by atoms with Crippen molar-refractivity contribution in [3.05, 3.63) is 0 Å². The minimum atomic E-state index is 0.00513. The van der Waals surface area contributed by atoms with Gasteiger partial charge in [0.25, 0.3) is 0 Å². The largest absolute Gasteiger partial charge is 0.394 e. The number of nitrogens with zero attached hydrogens (tertiary/aromatic N) is 1. The van der Waals surface area contributed by atoms with Gasteiger partial charge in [-0.2, -0.15) is 0 Å². The lowest BCUT2D eigenvalue weighted by atomic mass is 9.86. The number of nitrogens with one attached hydrogen (secondary N) is 1. The van der Waals surface area contributed by atoms with Gasteiger partial charge >= 0.3 is 0 Å². The smallest absolute Gasteiger partial charge is 0.0614 e. The Balaban J connectivity index is 1.84. The Labute approximate surface area is 99.2 Å². The number of likely N-dealkylation sites (tertiary alicyclic amines) is 1. The van der Waals surface area contributed by atoms with Crippen LogP contribution in [0.25, 0.3) is 0 Å². The van der Waals surface area contributed by atoms with Crippen molar-refractivity contribution in [1.82, 2.24) is 10.2 Å². The summed E-state index contributed by atoms with van der Waals surface area (Å²) in [6.45, 7) is 2.60. The highest BCUT2D eigenvalue weighted by atomic mass is 16.3. The molecule has 2 aliphatic rings. The fourth-order valence-corrected chi connectivity index (χ4v) is 3.25. The van der Waals surface area contributed by atoms with Crippen molar-refractivity contribution in [2.24, 2.45) is 0 Å². The van der Waals surface area contributed by atoms with Gasteiger partial charge in [-0.1, -0.05) is 19.3 Å². The zero-order valence-electron chi connectivity index (χ0n) is 10.5. The third kappa shape index (κ3) is 2.58. The van der Waals surface area contributed by atoms with E-state index in [1.807, 2.05) is 7.05 Å². The van der Waals surface area contributed by atoms with Gasteiger partial charge in [-0.25, -0.2) is 0 Å². The molecule has 0 amide bonds. The lowest BCUT2D eigenvalue weighted by Crippen LogP contribution is -2.56. The molecule has 3 nitrogen and oxygen atoms in total. The van der Waals surface area contributed by atoms with Gasteiger partial charge in [0.05, 0.1) is 6.61 Å². The van der Waals surface area contributed by atoms with Crippen LogP contribution >= 0.6 is 0 Å². The van der Waals surface area contributed by atoms with E-state index in [1.165, 1.54) is 32.1 Å². The molecule has 0 radical (unpaired) electrons. The third-order valence-corrected chi connectivity index (χ3v) is 4.68. The van der Waals surface area contributed by atoms with Crippen LogP contribution in [0.2, 0.25) is 0 Å². The molecule has 0 spiro atoms. The van der Waals surface area contributed by atoms with Crippen LogP contribution in [0, 0.1) is 0 Å². The summed E-state index contributed by atoms with van der Waals surface area (Å²) >= 11 is 0. The number of aliphatic hydroxyl groups is 1. The molecule has 0 aromatic rings. The standard InChI is InChI=1S/C13H26N2O/c1-14-13(11-16)7-9-15(10-8-13)12-5-3-2-4-6-12/h12,14,16H,2-11H2,1H3. The number of rotatable bonds is 3. The second-order valence-corrected chi connectivity index (χ2v) is 5.52. The summed E-state index contributed by atoms with van der Waals surface area (Å²) in [6.07, 6.45) is 9.24. The molecule has 2 fully saturated rings. The van der Waals surface area contributed by atoms with Crippen molar-refractivity contribution in [2.75, 3.05) is 26.7 Å². The zero-order chi connectivity index (χ0) is 11.4. The van der Waals surface area contributed by atoms with E-state index in [0.717, 1.165) is 32.0 Å². The van der Waals surface area contributed by atoms with Crippen molar-refractivity contribution in [3.63, 3.8) is 0 Å². The van der Waals surface area contributed by atoms with Crippen LogP contribution in [0.15, 0.2) is 0 Å². The molecular weight excluding hydrogens is 200 g/mol. The van der Waals surface area contributed by atoms with Gasteiger partial charge in [0.15, 0.2) is 0 Å². The second-order valence-electron chi connectivity index (χ2n) is 5.52. The van der Waals surface area contributed by atoms with E-state index < -0.39 is 0 Å². The predicted molar refractivity (Wildman–Crippen MR) is 66.6 cm³/mol. The van der Waals surface area contributed by atoms with Gasteiger partial charge in [-0.15, -0.1) is 0 Å². The van der Waals surface area contributed by atoms with Crippen molar-refractivity contribution in [1.29, 1.82) is 0 Å². The normalized spacial score (nSPS) is 28.1. The average Bonchev–Trinajstić information content (AvgIpc) is 2.40. The van der Waals surface area contributed by atoms with Crippen molar-refractivity contribution in [3.8, 4) is 0 Å². The molecule has 1 aliphatic heterocycles. The van der Waals surface area contributed by atoms with E-state index in [9.17, 15) is 5.11 Å². The first-order valence-corrected chi connectivity index (χ1v) is 6.83. The van der Waals surface area contributed by atoms with Gasteiger partial charge < -0.3 is 15.3 Å². The van der Waals surface area contributed by atoms with Gasteiger partial charge in [0.2, 0.25) is 0 Å². The fourth-order valence-electron chi connectivity index (χ4n) is 3.25. The molecule has 1 saturated heterocycles. The van der Waals surface area contributed by atoms with Crippen molar-refractivity contribution in [2.45, 2.75) is 56.5 Å². The van der Waals surface area contributed by atoms with Gasteiger partial charge in [0, 0.05) is 24.7 Å². The lowest BCUT2D eigenvalue weighted by Gasteiger charge is -2.44. The fraction of sp³-hybridized carbons (Fsp3) is 1.00. The van der Waals surface area contributed by atoms with Crippen molar-refractivity contribution < 1.29 is 5.11 Å². The maximum absolute atomic E-state index is 9.46. The second kappa shape index (κ2) is 5.48. The van der Waals surface area contributed by atoms with Crippen LogP contribution < -0.4 is 5.32 Å². The highest BCUT2D eigenvalue weighted by molar-refractivity contribution is 4.93. The summed E-state index contributed by atoms with van der Waals surface area (Å²) < 4.78 is 0. The minimum absolute atomic E-state index is 0.00513. The van der Waals surface area contributed by atoms with Crippen LogP contribution in [0.4, 0.5) is 0 Å². The first-order chi connectivity index (χ1) is 7.79. The SMILES string of the molecule is CNC1(CO)CCN(C2CCCCC2)CC1. The molecule has 2 N–H and O–H groups in total. The highest BCUT2D eigenvalue weighted by Gasteiger charge is 2.34. The van der Waals surface area contributed by atoms with Crippen LogP contribution in [0.3, 0.4) is 0 Å². The average molecular weight is 226 g/mol. The molecule has 2 rings (SSSR count). The zero-order valence-corrected chi connectivity index (χ0v) is 10.5. The molecule has 0 unspecified atom stereocenters. The first kappa shape index (κ1) is 12.3. The Morgan fingerprint density at radius 1 is 1.19 bits per heavy atom. The van der Waals surface area contributed by atoms with Crippen molar-refractivity contribution >= 4 is 0 Å². The van der Waals surface area contributed by atoms with Crippen LogP contribution in [0.5, 0.6) is 0 Å². The van der Waals surface area contributed by atoms with E-state index in [1.54, 1.807) is 0 Å². The molecule has 3 heteroatoms. The number of likely N-dealkylation sites (N-methyl/N-ethyl adjacent to an activating group) is 1. The predicted octanol–water partition coefficient (Wildman–Crippen LogP) is 1.37. The molecule has 1 heterocycles. The van der Waals surface area contributed by atoms with Crippen LogP contribution in [0.1, 0.15) is 44.9 Å². The monoisotopic (exact) mass is 226 g/mol. The minimum Gasteiger partial charge on any atom is -0.394 e. The van der Waals surface area contributed by atoms with Crippen LogP contribution in [-0.4, -0.2) is 48.3 Å². The molecule has 0 aromatic heterocycles. The molecule has 94 valence electrons. The Bertz CT molecular complexity index is 200. The highest BCUT2D eigenvalue weighted by Crippen LogP contribution is 2.28. The Kier molecular flexibility index (Phi) is 4.22. The molecular formula is C13H26N2O. The number of hydrogen-bond donors (Lipinski definition) is 2. The molecule has 0 bridgehead atoms. The number of aliphatic hydroxyl groups excluding tert-OH is 1. The maximum Gasteiger partial charge on any atom is 0.0614 e. The summed E-state index contributed by atoms with van der Waals surface area (Å²) in [5.41, 5.74) is 0.00513. The van der Waals surface area contributed by atoms with Gasteiger partial charge in [-0.3, -0.25) is 0 Å². The summed E-state index contributed by atoms with van der Waals surface area (Å²) in [5.74, 6) is 0. The summed E-state index contributed by atoms with van der Waals surface area (Å²) in [5, 5.41) is 12.8. The Morgan fingerprint density at radius 2 is 1.81 bits per heavy atom. The van der Waals surface area contributed by atoms with E-state index in [-0.39, 0.29) is 12.1 Å². The maximum atomic E-state index is 9.46. The third-order valence-electron chi connectivity index (χ3n) is 4.68. The molecule has 1 aliphatic carbocycles. The van der Waals surface area contributed by atoms with Gasteiger partial charge in [0.1, 0.15) is 0 Å². The Morgan fingerprint density at radius 3 is 2.31 bits per heavy atom. The molecule has 1 saturated carbocycles. The van der Waals surface area contributed by atoms with E-state index >= 15 is 0 Å². The molecule has 0 aromatic carbocycles. The molecule has 16 heavy (non-hydrogen) atoms. The van der Waals surface area contributed by atoms with E-state index in [0.29, 0.717) is 0 Å². The molecule has 0 atom stereocenters. The first-order valence-electron chi connectivity index (χ1n) is 6.83. The quantitative estimate of drug-likeness (QED) is 0.763. The Hall–Kier alpha value is -0.120. The summed E-state index contributed by atoms with van der Waals surface area (Å²) in [6, 6.07) is 0.835. The number of hydrogen-bond acceptors (Lipinski definition) is 3. The van der Waals surface area contributed by atoms with E-state index in [4.69, 9.17) is 0 Å². The number of piperidine rings is 1. The van der Waals surface area contributed by atoms with Gasteiger partial charge in [-0.05, 0) is 32.7 Å². The summed E-state index contributed by atoms with van der Waals surface area (Å²) in [4.78, 5) is 2.66. The van der Waals surface area contributed by atoms with E-state index in [2.05, 4.69) is 10.2 Å². The summed E-state index contributed by atoms with van der Waals surface area (Å²) in [7, 11) is 1.98. The topological polar surface area (TPSA) is 35.5 Å². The van der Waals surface area contributed by atoms with Crippen LogP contribution in [-0.2, 0) is 0 Å².